The zero-order valence-corrected chi connectivity index (χ0v) is 12.5. The van der Waals surface area contributed by atoms with Crippen LogP contribution >= 0.6 is 0 Å². The van der Waals surface area contributed by atoms with Crippen molar-refractivity contribution in [2.75, 3.05) is 0 Å². The van der Waals surface area contributed by atoms with Gasteiger partial charge in [-0.25, -0.2) is 0 Å². The Morgan fingerprint density at radius 1 is 0.786 bits per heavy atom. The molecule has 0 amide bonds. The van der Waals surface area contributed by atoms with Crippen molar-refractivity contribution < 1.29 is 69.3 Å². The second kappa shape index (κ2) is 7.57. The van der Waals surface area contributed by atoms with Crippen LogP contribution in [0.5, 0.6) is 0 Å². The van der Waals surface area contributed by atoms with Gasteiger partial charge >= 0.3 is 59.1 Å². The molecule has 4 heteroatoms. The predicted molar refractivity (Wildman–Crippen MR) is 44.5 cm³/mol. The first-order valence-electron chi connectivity index (χ1n) is 3.44. The molecule has 0 aliphatic heterocycles. The van der Waals surface area contributed by atoms with Crippen molar-refractivity contribution in [3.63, 3.8) is 0 Å². The third-order valence-electron chi connectivity index (χ3n) is 1.53. The van der Waals surface area contributed by atoms with Crippen LogP contribution in [-0.2, 0) is 0 Å². The van der Waals surface area contributed by atoms with Crippen LogP contribution in [0.25, 0.3) is 11.5 Å². The van der Waals surface area contributed by atoms with Crippen molar-refractivity contribution in [2.24, 2.45) is 0 Å². The third-order valence-corrected chi connectivity index (χ3v) is 1.53. The number of hydrogen-bond donors (Lipinski definition) is 0. The molecule has 0 saturated carbocycles. The van der Waals surface area contributed by atoms with E-state index in [1.165, 1.54) is 0 Å². The van der Waals surface area contributed by atoms with Gasteiger partial charge in [0.1, 0.15) is 0 Å². The van der Waals surface area contributed by atoms with Gasteiger partial charge < -0.3 is 10.2 Å². The summed E-state index contributed by atoms with van der Waals surface area (Å²) in [6.07, 6.45) is 0. The molecule has 0 heterocycles. The molecule has 0 saturated heterocycles. The SMILES string of the molecule is C=C([O-])c1ccc(C(=C)[O-])cc1.[Na+].[Na+]. The van der Waals surface area contributed by atoms with Gasteiger partial charge in [0.15, 0.2) is 0 Å². The minimum absolute atomic E-state index is 0. The van der Waals surface area contributed by atoms with Gasteiger partial charge in [0.05, 0.1) is 0 Å². The van der Waals surface area contributed by atoms with E-state index in [1.807, 2.05) is 0 Å². The average molecular weight is 206 g/mol. The first-order chi connectivity index (χ1) is 5.61. The molecule has 0 aliphatic carbocycles. The summed E-state index contributed by atoms with van der Waals surface area (Å²) in [7, 11) is 0. The Hall–Kier alpha value is 0.300. The normalized spacial score (nSPS) is 8.00. The van der Waals surface area contributed by atoms with E-state index in [9.17, 15) is 10.2 Å². The van der Waals surface area contributed by atoms with Gasteiger partial charge in [-0.15, -0.1) is 24.7 Å². The minimum Gasteiger partial charge on any atom is -0.872 e. The Kier molecular flexibility index (Phi) is 9.04. The van der Waals surface area contributed by atoms with Gasteiger partial charge in [0.25, 0.3) is 0 Å². The second-order valence-corrected chi connectivity index (χ2v) is 2.42. The van der Waals surface area contributed by atoms with Crippen molar-refractivity contribution in [2.45, 2.75) is 0 Å². The summed E-state index contributed by atoms with van der Waals surface area (Å²) in [6, 6.07) is 6.25. The predicted octanol–water partition coefficient (Wildman–Crippen LogP) is -5.64. The van der Waals surface area contributed by atoms with Crippen molar-refractivity contribution in [1.82, 2.24) is 0 Å². The fourth-order valence-electron chi connectivity index (χ4n) is 0.842. The van der Waals surface area contributed by atoms with Crippen LogP contribution in [0.3, 0.4) is 0 Å². The molecule has 1 rings (SSSR count). The van der Waals surface area contributed by atoms with Crippen LogP contribution in [0.1, 0.15) is 11.1 Å². The average Bonchev–Trinajstić information content (AvgIpc) is 2.04. The zero-order chi connectivity index (χ0) is 9.14. The molecule has 0 spiro atoms. The number of rotatable bonds is 2. The molecule has 62 valence electrons. The van der Waals surface area contributed by atoms with Crippen LogP contribution < -0.4 is 69.3 Å². The summed E-state index contributed by atoms with van der Waals surface area (Å²) in [4.78, 5) is 0. The Labute approximate surface area is 128 Å². The van der Waals surface area contributed by atoms with Crippen molar-refractivity contribution in [3.05, 3.63) is 48.6 Å². The first kappa shape index (κ1) is 16.7. The summed E-state index contributed by atoms with van der Waals surface area (Å²) in [6.45, 7) is 6.49. The minimum atomic E-state index is -0.252. The first-order valence-corrected chi connectivity index (χ1v) is 3.44. The molecule has 1 aromatic carbocycles. The largest absolute Gasteiger partial charge is 1.00 e. The topological polar surface area (TPSA) is 46.1 Å². The molecule has 0 fully saturated rings. The van der Waals surface area contributed by atoms with Crippen LogP contribution in [0, 0.1) is 0 Å². The summed E-state index contributed by atoms with van der Waals surface area (Å²) in [5.74, 6) is -0.504. The molecule has 0 aromatic heterocycles. The van der Waals surface area contributed by atoms with E-state index >= 15 is 0 Å². The Balaban J connectivity index is 0. The van der Waals surface area contributed by atoms with Gasteiger partial charge in [-0.3, -0.25) is 0 Å². The maximum Gasteiger partial charge on any atom is 1.00 e. The maximum absolute atomic E-state index is 10.7. The summed E-state index contributed by atoms with van der Waals surface area (Å²) < 4.78 is 0. The van der Waals surface area contributed by atoms with E-state index in [0.717, 1.165) is 0 Å². The van der Waals surface area contributed by atoms with Gasteiger partial charge in [-0.1, -0.05) is 24.3 Å². The molecule has 2 nitrogen and oxygen atoms in total. The standard InChI is InChI=1S/C10H10O2.2Na/c1-7(11)9-3-5-10(6-4-9)8(2)12;;/h3-6,11-12H,1-2H2;;/q;2*+1/p-2. The van der Waals surface area contributed by atoms with E-state index in [4.69, 9.17) is 0 Å². The Morgan fingerprint density at radius 2 is 1.00 bits per heavy atom. The van der Waals surface area contributed by atoms with Gasteiger partial charge in [-0.05, 0) is 11.1 Å². The fraction of sp³-hybridized carbons (Fsp3) is 0. The Bertz CT molecular complexity index is 284. The third kappa shape index (κ3) is 4.69. The zero-order valence-electron chi connectivity index (χ0n) is 8.54. The molecule has 0 bridgehead atoms. The van der Waals surface area contributed by atoms with Crippen LogP contribution in [0.4, 0.5) is 0 Å². The Morgan fingerprint density at radius 3 is 1.14 bits per heavy atom. The fourth-order valence-corrected chi connectivity index (χ4v) is 0.842. The quantitative estimate of drug-likeness (QED) is 0.358. The monoisotopic (exact) mass is 206 g/mol. The van der Waals surface area contributed by atoms with Gasteiger partial charge in [0.2, 0.25) is 0 Å². The smallest absolute Gasteiger partial charge is 0.872 e. The van der Waals surface area contributed by atoms with Crippen LogP contribution in [0.2, 0.25) is 0 Å². The maximum atomic E-state index is 10.7. The molecule has 0 atom stereocenters. The molecule has 14 heavy (non-hydrogen) atoms. The van der Waals surface area contributed by atoms with Crippen LogP contribution in [-0.4, -0.2) is 0 Å². The van der Waals surface area contributed by atoms with Gasteiger partial charge in [0, 0.05) is 0 Å². The van der Waals surface area contributed by atoms with E-state index in [1.54, 1.807) is 24.3 Å². The van der Waals surface area contributed by atoms with E-state index in [-0.39, 0.29) is 70.6 Å². The number of benzene rings is 1. The van der Waals surface area contributed by atoms with Gasteiger partial charge in [-0.2, -0.15) is 0 Å². The summed E-state index contributed by atoms with van der Waals surface area (Å²) >= 11 is 0. The molecule has 1 aromatic rings. The molecular formula is C10H8Na2O2. The van der Waals surface area contributed by atoms with Crippen LogP contribution in [0.15, 0.2) is 37.4 Å². The molecular weight excluding hydrogens is 198 g/mol. The van der Waals surface area contributed by atoms with Crippen molar-refractivity contribution in [3.8, 4) is 0 Å². The van der Waals surface area contributed by atoms with Crippen molar-refractivity contribution in [1.29, 1.82) is 0 Å². The van der Waals surface area contributed by atoms with E-state index < -0.39 is 0 Å². The van der Waals surface area contributed by atoms with E-state index in [2.05, 4.69) is 13.2 Å². The van der Waals surface area contributed by atoms with E-state index in [0.29, 0.717) is 11.1 Å². The second-order valence-electron chi connectivity index (χ2n) is 2.42. The summed E-state index contributed by atoms with van der Waals surface area (Å²) in [5, 5.41) is 21.4. The summed E-state index contributed by atoms with van der Waals surface area (Å²) in [5.41, 5.74) is 1.00. The number of hydrogen-bond acceptors (Lipinski definition) is 2. The molecule has 0 N–H and O–H groups in total. The molecule has 0 aliphatic rings. The molecule has 0 unspecified atom stereocenters. The molecule has 0 radical (unpaired) electrons. The van der Waals surface area contributed by atoms with Crippen molar-refractivity contribution >= 4 is 11.5 Å².